The van der Waals surface area contributed by atoms with Gasteiger partial charge in [0.15, 0.2) is 0 Å². The van der Waals surface area contributed by atoms with Crippen molar-refractivity contribution < 1.29 is 9.59 Å². The summed E-state index contributed by atoms with van der Waals surface area (Å²) in [5.74, 6) is 0.249. The molecule has 5 heteroatoms. The van der Waals surface area contributed by atoms with E-state index in [0.717, 1.165) is 17.0 Å². The van der Waals surface area contributed by atoms with E-state index in [1.807, 2.05) is 48.3 Å². The summed E-state index contributed by atoms with van der Waals surface area (Å²) in [4.78, 5) is 27.9. The van der Waals surface area contributed by atoms with E-state index in [-0.39, 0.29) is 11.8 Å². The molecule has 0 aliphatic carbocycles. The SMILES string of the molecule is CCC(=O)N1CCN(C(=O)c2cc(C)n(C)c2C)CC1. The number of aromatic nitrogens is 1. The summed E-state index contributed by atoms with van der Waals surface area (Å²) in [6, 6.07) is 1.95. The molecule has 1 aliphatic rings. The van der Waals surface area contributed by atoms with Crippen molar-refractivity contribution in [2.45, 2.75) is 27.2 Å². The molecule has 2 rings (SSSR count). The van der Waals surface area contributed by atoms with Gasteiger partial charge in [-0.3, -0.25) is 9.59 Å². The minimum atomic E-state index is 0.0785. The van der Waals surface area contributed by atoms with Gasteiger partial charge in [-0.2, -0.15) is 0 Å². The van der Waals surface area contributed by atoms with Crippen LogP contribution < -0.4 is 0 Å². The number of nitrogens with zero attached hydrogens (tertiary/aromatic N) is 3. The first-order valence-corrected chi connectivity index (χ1v) is 7.15. The number of hydrogen-bond donors (Lipinski definition) is 0. The summed E-state index contributed by atoms with van der Waals surface area (Å²) in [5.41, 5.74) is 2.87. The van der Waals surface area contributed by atoms with E-state index in [9.17, 15) is 9.59 Å². The Labute approximate surface area is 120 Å². The molecule has 1 aliphatic heterocycles. The van der Waals surface area contributed by atoms with Crippen molar-refractivity contribution in [2.75, 3.05) is 26.2 Å². The monoisotopic (exact) mass is 277 g/mol. The number of hydrogen-bond acceptors (Lipinski definition) is 2. The zero-order valence-electron chi connectivity index (χ0n) is 12.8. The number of carbonyl (C=O) groups is 2. The lowest BCUT2D eigenvalue weighted by atomic mass is 10.2. The Hall–Kier alpha value is -1.78. The molecule has 2 heterocycles. The van der Waals surface area contributed by atoms with E-state index >= 15 is 0 Å². The highest BCUT2D eigenvalue weighted by molar-refractivity contribution is 5.96. The van der Waals surface area contributed by atoms with Gasteiger partial charge in [-0.1, -0.05) is 6.92 Å². The minimum absolute atomic E-state index is 0.0785. The first-order valence-electron chi connectivity index (χ1n) is 7.15. The lowest BCUT2D eigenvalue weighted by molar-refractivity contribution is -0.132. The van der Waals surface area contributed by atoms with Gasteiger partial charge in [0.2, 0.25) is 5.91 Å². The third-order valence-electron chi connectivity index (χ3n) is 4.23. The normalized spacial score (nSPS) is 15.6. The van der Waals surface area contributed by atoms with Crippen LogP contribution in [0.1, 0.15) is 35.1 Å². The second-order valence-electron chi connectivity index (χ2n) is 5.37. The van der Waals surface area contributed by atoms with Gasteiger partial charge in [0.25, 0.3) is 5.91 Å². The molecule has 5 nitrogen and oxygen atoms in total. The first kappa shape index (κ1) is 14.6. The fourth-order valence-corrected chi connectivity index (χ4v) is 2.62. The largest absolute Gasteiger partial charge is 0.351 e. The number of amides is 2. The molecule has 2 amide bonds. The van der Waals surface area contributed by atoms with Crippen LogP contribution in [0.4, 0.5) is 0 Å². The van der Waals surface area contributed by atoms with Gasteiger partial charge in [0.1, 0.15) is 0 Å². The van der Waals surface area contributed by atoms with Gasteiger partial charge in [0, 0.05) is 51.0 Å². The van der Waals surface area contributed by atoms with E-state index < -0.39 is 0 Å². The maximum atomic E-state index is 12.5. The molecule has 0 saturated carbocycles. The van der Waals surface area contributed by atoms with Crippen LogP contribution in [0.15, 0.2) is 6.07 Å². The highest BCUT2D eigenvalue weighted by atomic mass is 16.2. The summed E-state index contributed by atoms with van der Waals surface area (Å²) < 4.78 is 2.03. The van der Waals surface area contributed by atoms with Crippen molar-refractivity contribution in [1.82, 2.24) is 14.4 Å². The Morgan fingerprint density at radius 1 is 1.10 bits per heavy atom. The third kappa shape index (κ3) is 2.57. The molecule has 1 fully saturated rings. The zero-order valence-corrected chi connectivity index (χ0v) is 12.8. The van der Waals surface area contributed by atoms with E-state index in [1.165, 1.54) is 0 Å². The summed E-state index contributed by atoms with van der Waals surface area (Å²) >= 11 is 0. The second-order valence-corrected chi connectivity index (χ2v) is 5.37. The molecule has 1 aromatic rings. The van der Waals surface area contributed by atoms with Crippen LogP contribution in [0.2, 0.25) is 0 Å². The minimum Gasteiger partial charge on any atom is -0.351 e. The molecule has 20 heavy (non-hydrogen) atoms. The van der Waals surface area contributed by atoms with Crippen molar-refractivity contribution in [3.63, 3.8) is 0 Å². The topological polar surface area (TPSA) is 45.6 Å². The van der Waals surface area contributed by atoms with Crippen molar-refractivity contribution in [1.29, 1.82) is 0 Å². The summed E-state index contributed by atoms with van der Waals surface area (Å²) in [6.07, 6.45) is 0.533. The molecule has 0 N–H and O–H groups in total. The highest BCUT2D eigenvalue weighted by Crippen LogP contribution is 2.17. The fraction of sp³-hybridized carbons (Fsp3) is 0.600. The maximum absolute atomic E-state index is 12.5. The molecule has 1 aromatic heterocycles. The Kier molecular flexibility index (Phi) is 4.16. The average Bonchev–Trinajstić information content (AvgIpc) is 2.73. The predicted molar refractivity (Wildman–Crippen MR) is 77.7 cm³/mol. The second kappa shape index (κ2) is 5.69. The number of rotatable bonds is 2. The molecule has 0 spiro atoms. The van der Waals surface area contributed by atoms with Gasteiger partial charge < -0.3 is 14.4 Å². The van der Waals surface area contributed by atoms with Crippen LogP contribution in [0.3, 0.4) is 0 Å². The summed E-state index contributed by atoms with van der Waals surface area (Å²) in [5, 5.41) is 0. The van der Waals surface area contributed by atoms with E-state index in [0.29, 0.717) is 32.6 Å². The summed E-state index contributed by atoms with van der Waals surface area (Å²) in [7, 11) is 1.97. The number of piperazine rings is 1. The molecule has 110 valence electrons. The lowest BCUT2D eigenvalue weighted by Gasteiger charge is -2.34. The van der Waals surface area contributed by atoms with Gasteiger partial charge in [-0.25, -0.2) is 0 Å². The lowest BCUT2D eigenvalue weighted by Crippen LogP contribution is -2.50. The third-order valence-corrected chi connectivity index (χ3v) is 4.23. The van der Waals surface area contributed by atoms with Gasteiger partial charge in [-0.15, -0.1) is 0 Å². The highest BCUT2D eigenvalue weighted by Gasteiger charge is 2.25. The van der Waals surface area contributed by atoms with Crippen LogP contribution in [0, 0.1) is 13.8 Å². The Morgan fingerprint density at radius 2 is 1.65 bits per heavy atom. The summed E-state index contributed by atoms with van der Waals surface area (Å²) in [6.45, 7) is 8.37. The zero-order chi connectivity index (χ0) is 14.9. The molecule has 0 aromatic carbocycles. The first-order chi connectivity index (χ1) is 9.45. The average molecular weight is 277 g/mol. The van der Waals surface area contributed by atoms with Crippen molar-refractivity contribution in [3.05, 3.63) is 23.0 Å². The van der Waals surface area contributed by atoms with Crippen LogP contribution in [-0.2, 0) is 11.8 Å². The maximum Gasteiger partial charge on any atom is 0.255 e. The molecule has 0 atom stereocenters. The number of aryl methyl sites for hydroxylation is 1. The fourth-order valence-electron chi connectivity index (χ4n) is 2.62. The molecular formula is C15H23N3O2. The molecule has 0 unspecified atom stereocenters. The number of carbonyl (C=O) groups excluding carboxylic acids is 2. The van der Waals surface area contributed by atoms with Crippen LogP contribution in [-0.4, -0.2) is 52.4 Å². The smallest absolute Gasteiger partial charge is 0.255 e. The Bertz CT molecular complexity index is 525. The van der Waals surface area contributed by atoms with Gasteiger partial charge in [-0.05, 0) is 19.9 Å². The molecular weight excluding hydrogens is 254 g/mol. The quantitative estimate of drug-likeness (QED) is 0.819. The Balaban J connectivity index is 2.05. The van der Waals surface area contributed by atoms with Crippen molar-refractivity contribution >= 4 is 11.8 Å². The molecule has 0 radical (unpaired) electrons. The van der Waals surface area contributed by atoms with Crippen LogP contribution >= 0.6 is 0 Å². The van der Waals surface area contributed by atoms with Crippen molar-refractivity contribution in [2.24, 2.45) is 7.05 Å². The van der Waals surface area contributed by atoms with Crippen LogP contribution in [0.25, 0.3) is 0 Å². The van der Waals surface area contributed by atoms with Gasteiger partial charge in [0.05, 0.1) is 5.56 Å². The van der Waals surface area contributed by atoms with Gasteiger partial charge >= 0.3 is 0 Å². The Morgan fingerprint density at radius 3 is 2.10 bits per heavy atom. The van der Waals surface area contributed by atoms with E-state index in [1.54, 1.807) is 0 Å². The molecule has 1 saturated heterocycles. The molecule has 0 bridgehead atoms. The van der Waals surface area contributed by atoms with Crippen LogP contribution in [0.5, 0.6) is 0 Å². The van der Waals surface area contributed by atoms with Crippen molar-refractivity contribution in [3.8, 4) is 0 Å². The predicted octanol–water partition coefficient (Wildman–Crippen LogP) is 1.34. The van der Waals surface area contributed by atoms with E-state index in [4.69, 9.17) is 0 Å². The standard InChI is InChI=1S/C15H23N3O2/c1-5-14(19)17-6-8-18(9-7-17)15(20)13-10-11(2)16(4)12(13)3/h10H,5-9H2,1-4H3. The van der Waals surface area contributed by atoms with E-state index in [2.05, 4.69) is 0 Å².